The lowest BCUT2D eigenvalue weighted by Gasteiger charge is -2.39. The normalized spacial score (nSPS) is 23.9. The van der Waals surface area contributed by atoms with Crippen molar-refractivity contribution in [3.05, 3.63) is 29.8 Å². The fraction of sp³-hybridized carbons (Fsp3) is 0.600. The van der Waals surface area contributed by atoms with E-state index in [1.807, 2.05) is 0 Å². The molecule has 1 fully saturated rings. The highest BCUT2D eigenvalue weighted by Gasteiger charge is 2.26. The Kier molecular flexibility index (Phi) is 7.22. The molecule has 1 aromatic rings. The minimum atomic E-state index is 0. The van der Waals surface area contributed by atoms with Crippen molar-refractivity contribution in [3.63, 3.8) is 0 Å². The quantitative estimate of drug-likeness (QED) is 0.864. The molecule has 0 aromatic heterocycles. The molecule has 1 saturated heterocycles. The summed E-state index contributed by atoms with van der Waals surface area (Å²) in [6.07, 6.45) is 4.75. The van der Waals surface area contributed by atoms with Gasteiger partial charge in [0.2, 0.25) is 0 Å². The topological polar surface area (TPSA) is 29.3 Å². The van der Waals surface area contributed by atoms with Gasteiger partial charge in [-0.1, -0.05) is 19.1 Å². The van der Waals surface area contributed by atoms with E-state index in [2.05, 4.69) is 42.3 Å². The molecule has 0 saturated carbocycles. The van der Waals surface area contributed by atoms with Gasteiger partial charge in [-0.05, 0) is 49.3 Å². The molecule has 0 radical (unpaired) electrons. The van der Waals surface area contributed by atoms with Crippen molar-refractivity contribution in [1.29, 1.82) is 0 Å². The van der Waals surface area contributed by atoms with Crippen molar-refractivity contribution in [2.45, 2.75) is 37.2 Å². The van der Waals surface area contributed by atoms with Crippen LogP contribution in [0.25, 0.3) is 0 Å². The average molecular weight is 301 g/mol. The summed E-state index contributed by atoms with van der Waals surface area (Å²) in [5.74, 6) is 0.731. The fourth-order valence-corrected chi connectivity index (χ4v) is 3.29. The molecule has 2 N–H and O–H groups in total. The summed E-state index contributed by atoms with van der Waals surface area (Å²) in [6.45, 7) is 5.35. The summed E-state index contributed by atoms with van der Waals surface area (Å²) in [5.41, 5.74) is 7.34. The van der Waals surface area contributed by atoms with Crippen molar-refractivity contribution in [3.8, 4) is 0 Å². The predicted octanol–water partition coefficient (Wildman–Crippen LogP) is 3.39. The first-order valence-corrected chi connectivity index (χ1v) is 8.04. The van der Waals surface area contributed by atoms with E-state index in [0.29, 0.717) is 6.04 Å². The predicted molar refractivity (Wildman–Crippen MR) is 87.1 cm³/mol. The molecule has 2 rings (SSSR count). The van der Waals surface area contributed by atoms with Crippen LogP contribution in [0.2, 0.25) is 0 Å². The van der Waals surface area contributed by atoms with E-state index >= 15 is 0 Å². The van der Waals surface area contributed by atoms with Gasteiger partial charge in [0.1, 0.15) is 0 Å². The molecule has 1 aliphatic heterocycles. The second kappa shape index (κ2) is 8.15. The maximum atomic E-state index is 5.94. The Morgan fingerprint density at radius 3 is 2.58 bits per heavy atom. The van der Waals surface area contributed by atoms with Crippen molar-refractivity contribution in [2.24, 2.45) is 11.7 Å². The van der Waals surface area contributed by atoms with E-state index in [1.165, 1.54) is 29.8 Å². The van der Waals surface area contributed by atoms with Crippen molar-refractivity contribution in [2.75, 3.05) is 19.3 Å². The van der Waals surface area contributed by atoms with Crippen LogP contribution in [0, 0.1) is 5.92 Å². The molecule has 19 heavy (non-hydrogen) atoms. The molecule has 1 aromatic carbocycles. The maximum Gasteiger partial charge on any atom is 0.0247 e. The highest BCUT2D eigenvalue weighted by molar-refractivity contribution is 7.98. The van der Waals surface area contributed by atoms with Crippen molar-refractivity contribution >= 4 is 24.2 Å². The number of hydrogen-bond acceptors (Lipinski definition) is 3. The van der Waals surface area contributed by atoms with Gasteiger partial charge >= 0.3 is 0 Å². The van der Waals surface area contributed by atoms with Crippen LogP contribution in [-0.4, -0.2) is 30.3 Å². The second-order valence-electron chi connectivity index (χ2n) is 5.24. The molecular formula is C15H25ClN2S. The van der Waals surface area contributed by atoms with Gasteiger partial charge in [0.25, 0.3) is 0 Å². The first-order chi connectivity index (χ1) is 8.74. The number of nitrogens with zero attached hydrogens (tertiary/aromatic N) is 1. The van der Waals surface area contributed by atoms with Crippen LogP contribution in [-0.2, 0) is 6.54 Å². The number of hydrogen-bond donors (Lipinski definition) is 1. The van der Waals surface area contributed by atoms with Crippen molar-refractivity contribution in [1.82, 2.24) is 4.90 Å². The Hall–Kier alpha value is -0.220. The van der Waals surface area contributed by atoms with Crippen LogP contribution in [0.3, 0.4) is 0 Å². The number of nitrogens with two attached hydrogens (primary N) is 1. The molecule has 2 unspecified atom stereocenters. The maximum absolute atomic E-state index is 5.94. The lowest BCUT2D eigenvalue weighted by atomic mass is 9.90. The summed E-state index contributed by atoms with van der Waals surface area (Å²) < 4.78 is 0. The number of halogens is 1. The zero-order valence-electron chi connectivity index (χ0n) is 11.8. The van der Waals surface area contributed by atoms with E-state index in [4.69, 9.17) is 5.73 Å². The second-order valence-corrected chi connectivity index (χ2v) is 6.12. The highest BCUT2D eigenvalue weighted by atomic mass is 35.5. The van der Waals surface area contributed by atoms with Gasteiger partial charge in [0.15, 0.2) is 0 Å². The molecule has 0 amide bonds. The zero-order chi connectivity index (χ0) is 13.0. The minimum absolute atomic E-state index is 0. The van der Waals surface area contributed by atoms with Gasteiger partial charge in [0, 0.05) is 24.0 Å². The van der Waals surface area contributed by atoms with Crippen LogP contribution in [0.1, 0.15) is 25.3 Å². The van der Waals surface area contributed by atoms with E-state index in [0.717, 1.165) is 19.0 Å². The summed E-state index contributed by atoms with van der Waals surface area (Å²) in [7, 11) is 0. The standard InChI is InChI=1S/C15H24N2S.ClH/c1-12-4-3-9-17(15(12)10-16)11-13-5-7-14(18-2)8-6-13;/h5-8,12,15H,3-4,9-11,16H2,1-2H3;1H. The van der Waals surface area contributed by atoms with Gasteiger partial charge in [-0.2, -0.15) is 0 Å². The Labute approximate surface area is 127 Å². The van der Waals surface area contributed by atoms with E-state index in [-0.39, 0.29) is 12.4 Å². The number of benzene rings is 1. The molecule has 1 aliphatic rings. The Morgan fingerprint density at radius 1 is 1.32 bits per heavy atom. The summed E-state index contributed by atoms with van der Waals surface area (Å²) in [4.78, 5) is 3.89. The van der Waals surface area contributed by atoms with Gasteiger partial charge in [-0.3, -0.25) is 4.90 Å². The minimum Gasteiger partial charge on any atom is -0.329 e. The third-order valence-corrected chi connectivity index (χ3v) is 4.76. The molecule has 1 heterocycles. The molecule has 2 nitrogen and oxygen atoms in total. The summed E-state index contributed by atoms with van der Waals surface area (Å²) >= 11 is 1.80. The molecule has 0 spiro atoms. The lowest BCUT2D eigenvalue weighted by Crippen LogP contribution is -2.47. The highest BCUT2D eigenvalue weighted by Crippen LogP contribution is 2.24. The van der Waals surface area contributed by atoms with Gasteiger partial charge in [0.05, 0.1) is 0 Å². The van der Waals surface area contributed by atoms with Crippen LogP contribution >= 0.6 is 24.2 Å². The third-order valence-electron chi connectivity index (χ3n) is 4.02. The lowest BCUT2D eigenvalue weighted by molar-refractivity contribution is 0.0991. The van der Waals surface area contributed by atoms with Crippen LogP contribution in [0.4, 0.5) is 0 Å². The third kappa shape index (κ3) is 4.38. The molecule has 4 heteroatoms. The SMILES string of the molecule is CSc1ccc(CN2CCCC(C)C2CN)cc1.Cl. The largest absolute Gasteiger partial charge is 0.329 e. The first-order valence-electron chi connectivity index (χ1n) is 6.81. The summed E-state index contributed by atoms with van der Waals surface area (Å²) in [6, 6.07) is 9.48. The molecule has 2 atom stereocenters. The van der Waals surface area contributed by atoms with Crippen LogP contribution < -0.4 is 5.73 Å². The number of thioether (sulfide) groups is 1. The van der Waals surface area contributed by atoms with E-state index in [1.54, 1.807) is 11.8 Å². The van der Waals surface area contributed by atoms with E-state index in [9.17, 15) is 0 Å². The number of piperidine rings is 1. The van der Waals surface area contributed by atoms with Gasteiger partial charge in [-0.15, -0.1) is 24.2 Å². The fourth-order valence-electron chi connectivity index (χ4n) is 2.88. The zero-order valence-corrected chi connectivity index (χ0v) is 13.5. The number of likely N-dealkylation sites (tertiary alicyclic amines) is 1. The Balaban J connectivity index is 0.00000180. The van der Waals surface area contributed by atoms with Crippen LogP contribution in [0.5, 0.6) is 0 Å². The molecule has 0 aliphatic carbocycles. The molecular weight excluding hydrogens is 276 g/mol. The summed E-state index contributed by atoms with van der Waals surface area (Å²) in [5, 5.41) is 0. The van der Waals surface area contributed by atoms with Crippen molar-refractivity contribution < 1.29 is 0 Å². The van der Waals surface area contributed by atoms with Crippen LogP contribution in [0.15, 0.2) is 29.2 Å². The Morgan fingerprint density at radius 2 is 2.00 bits per heavy atom. The first kappa shape index (κ1) is 16.8. The average Bonchev–Trinajstić information content (AvgIpc) is 2.40. The monoisotopic (exact) mass is 300 g/mol. The number of rotatable bonds is 4. The van der Waals surface area contributed by atoms with E-state index < -0.39 is 0 Å². The van der Waals surface area contributed by atoms with Gasteiger partial charge < -0.3 is 5.73 Å². The molecule has 0 bridgehead atoms. The smallest absolute Gasteiger partial charge is 0.0247 e. The van der Waals surface area contributed by atoms with Gasteiger partial charge in [-0.25, -0.2) is 0 Å². The Bertz CT molecular complexity index is 369. The molecule has 108 valence electrons.